The molecule has 0 aliphatic heterocycles. The molecule has 0 radical (unpaired) electrons. The lowest BCUT2D eigenvalue weighted by Crippen LogP contribution is -2.45. The number of nitrogens with two attached hydrogens (primary N) is 1. The van der Waals surface area contributed by atoms with Gasteiger partial charge in [-0.1, -0.05) is 13.0 Å². The van der Waals surface area contributed by atoms with Crippen LogP contribution in [0, 0.1) is 0 Å². The van der Waals surface area contributed by atoms with E-state index in [0.29, 0.717) is 12.1 Å². The van der Waals surface area contributed by atoms with E-state index in [1.807, 2.05) is 6.92 Å². The molecule has 0 aliphatic rings. The van der Waals surface area contributed by atoms with Gasteiger partial charge in [-0.15, -0.1) is 0 Å². The Morgan fingerprint density at radius 2 is 2.00 bits per heavy atom. The maximum atomic E-state index is 12.2. The summed E-state index contributed by atoms with van der Waals surface area (Å²) in [6.07, 6.45) is 0.691. The molecule has 0 fully saturated rings. The molecule has 0 aliphatic carbocycles. The monoisotopic (exact) mass is 313 g/mol. The summed E-state index contributed by atoms with van der Waals surface area (Å²) in [7, 11) is -3.60. The average Bonchev–Trinajstić information content (AvgIpc) is 2.37. The number of anilines is 1. The second-order valence-electron chi connectivity index (χ2n) is 5.63. The first-order valence-electron chi connectivity index (χ1n) is 6.79. The minimum Gasteiger partial charge on any atom is -0.324 e. The van der Waals surface area contributed by atoms with Gasteiger partial charge in [0.15, 0.2) is 0 Å². The Kier molecular flexibility index (Phi) is 5.49. The number of amides is 1. The third-order valence-corrected chi connectivity index (χ3v) is 4.54. The van der Waals surface area contributed by atoms with Crippen molar-refractivity contribution in [2.45, 2.75) is 50.6 Å². The van der Waals surface area contributed by atoms with E-state index in [2.05, 4.69) is 10.0 Å². The minimum absolute atomic E-state index is 0.107. The molecule has 1 aromatic rings. The molecule has 21 heavy (non-hydrogen) atoms. The van der Waals surface area contributed by atoms with Crippen molar-refractivity contribution in [2.24, 2.45) is 5.73 Å². The molecule has 6 nitrogen and oxygen atoms in total. The standard InChI is InChI=1S/C14H23N3O3S/c1-5-10(2)17-21(19,20)12-8-6-7-11(9-12)16-13(18)14(3,4)15/h6-10,17H,5,15H2,1-4H3,(H,16,18). The molecule has 1 unspecified atom stereocenters. The lowest BCUT2D eigenvalue weighted by molar-refractivity contribution is -0.120. The van der Waals surface area contributed by atoms with Crippen molar-refractivity contribution in [3.63, 3.8) is 0 Å². The van der Waals surface area contributed by atoms with Crippen molar-refractivity contribution in [1.82, 2.24) is 4.72 Å². The third kappa shape index (κ3) is 5.11. The van der Waals surface area contributed by atoms with Crippen molar-refractivity contribution in [3.8, 4) is 0 Å². The topological polar surface area (TPSA) is 101 Å². The van der Waals surface area contributed by atoms with E-state index in [4.69, 9.17) is 5.73 Å². The van der Waals surface area contributed by atoms with Gasteiger partial charge in [-0.3, -0.25) is 4.79 Å². The van der Waals surface area contributed by atoms with E-state index < -0.39 is 15.6 Å². The lowest BCUT2D eigenvalue weighted by Gasteiger charge is -2.18. The number of benzene rings is 1. The zero-order chi connectivity index (χ0) is 16.3. The van der Waals surface area contributed by atoms with Gasteiger partial charge in [0.2, 0.25) is 15.9 Å². The first-order valence-corrected chi connectivity index (χ1v) is 8.27. The molecule has 1 atom stereocenters. The summed E-state index contributed by atoms with van der Waals surface area (Å²) in [6, 6.07) is 5.93. The number of hydrogen-bond acceptors (Lipinski definition) is 4. The fraction of sp³-hybridized carbons (Fsp3) is 0.500. The molecule has 0 saturated carbocycles. The Bertz CT molecular complexity index is 606. The maximum Gasteiger partial charge on any atom is 0.243 e. The van der Waals surface area contributed by atoms with Gasteiger partial charge in [-0.05, 0) is 45.4 Å². The highest BCUT2D eigenvalue weighted by Crippen LogP contribution is 2.17. The summed E-state index contributed by atoms with van der Waals surface area (Å²) in [5, 5.41) is 2.61. The van der Waals surface area contributed by atoms with Crippen LogP contribution in [0.1, 0.15) is 34.1 Å². The highest BCUT2D eigenvalue weighted by atomic mass is 32.2. The number of carbonyl (C=O) groups excluding carboxylic acids is 1. The van der Waals surface area contributed by atoms with Crippen LogP contribution in [0.25, 0.3) is 0 Å². The van der Waals surface area contributed by atoms with E-state index in [1.165, 1.54) is 12.1 Å². The Balaban J connectivity index is 2.98. The molecule has 4 N–H and O–H groups in total. The van der Waals surface area contributed by atoms with E-state index in [1.54, 1.807) is 32.9 Å². The first-order chi connectivity index (χ1) is 9.56. The zero-order valence-electron chi connectivity index (χ0n) is 12.8. The second kappa shape index (κ2) is 6.55. The van der Waals surface area contributed by atoms with E-state index in [0.717, 1.165) is 0 Å². The van der Waals surface area contributed by atoms with Gasteiger partial charge in [0.1, 0.15) is 0 Å². The van der Waals surface area contributed by atoms with Gasteiger partial charge in [0.25, 0.3) is 0 Å². The van der Waals surface area contributed by atoms with Crippen molar-refractivity contribution in [1.29, 1.82) is 0 Å². The summed E-state index contributed by atoms with van der Waals surface area (Å²) in [5.74, 6) is -0.382. The minimum atomic E-state index is -3.60. The van der Waals surface area contributed by atoms with E-state index in [-0.39, 0.29) is 16.8 Å². The Morgan fingerprint density at radius 3 is 2.52 bits per heavy atom. The zero-order valence-corrected chi connectivity index (χ0v) is 13.6. The van der Waals surface area contributed by atoms with Crippen LogP contribution in [0.4, 0.5) is 5.69 Å². The highest BCUT2D eigenvalue weighted by molar-refractivity contribution is 7.89. The third-order valence-electron chi connectivity index (χ3n) is 2.96. The van der Waals surface area contributed by atoms with Gasteiger partial charge in [0, 0.05) is 11.7 Å². The molecule has 0 heterocycles. The summed E-state index contributed by atoms with van der Waals surface area (Å²) in [5.41, 5.74) is 5.05. The maximum absolute atomic E-state index is 12.2. The first kappa shape index (κ1) is 17.6. The molecule has 118 valence electrons. The number of nitrogens with one attached hydrogen (secondary N) is 2. The number of sulfonamides is 1. The summed E-state index contributed by atoms with van der Waals surface area (Å²) in [4.78, 5) is 11.9. The van der Waals surface area contributed by atoms with Crippen LogP contribution in [0.5, 0.6) is 0 Å². The second-order valence-corrected chi connectivity index (χ2v) is 7.35. The van der Waals surface area contributed by atoms with E-state index >= 15 is 0 Å². The van der Waals surface area contributed by atoms with Crippen LogP contribution in [-0.2, 0) is 14.8 Å². The molecular formula is C14H23N3O3S. The molecule has 0 spiro atoms. The number of rotatable bonds is 6. The molecule has 1 rings (SSSR count). The van der Waals surface area contributed by atoms with Crippen molar-refractivity contribution < 1.29 is 13.2 Å². The average molecular weight is 313 g/mol. The SMILES string of the molecule is CCC(C)NS(=O)(=O)c1cccc(NC(=O)C(C)(C)N)c1. The quantitative estimate of drug-likeness (QED) is 0.739. The smallest absolute Gasteiger partial charge is 0.243 e. The van der Waals surface area contributed by atoms with Crippen LogP contribution >= 0.6 is 0 Å². The molecule has 0 saturated heterocycles. The predicted octanol–water partition coefficient (Wildman–Crippen LogP) is 1.44. The fourth-order valence-corrected chi connectivity index (χ4v) is 2.82. The van der Waals surface area contributed by atoms with Gasteiger partial charge in [0.05, 0.1) is 10.4 Å². The normalized spacial score (nSPS) is 13.8. The molecule has 1 amide bonds. The van der Waals surface area contributed by atoms with Crippen molar-refractivity contribution >= 4 is 21.6 Å². The molecule has 0 aromatic heterocycles. The summed E-state index contributed by atoms with van der Waals surface area (Å²) >= 11 is 0. The van der Waals surface area contributed by atoms with Gasteiger partial charge < -0.3 is 11.1 Å². The van der Waals surface area contributed by atoms with Gasteiger partial charge >= 0.3 is 0 Å². The van der Waals surface area contributed by atoms with Crippen LogP contribution < -0.4 is 15.8 Å². The van der Waals surface area contributed by atoms with Crippen LogP contribution in [-0.4, -0.2) is 25.9 Å². The number of hydrogen-bond donors (Lipinski definition) is 3. The van der Waals surface area contributed by atoms with Gasteiger partial charge in [-0.2, -0.15) is 0 Å². The lowest BCUT2D eigenvalue weighted by atomic mass is 10.1. The molecule has 0 bridgehead atoms. The highest BCUT2D eigenvalue weighted by Gasteiger charge is 2.22. The van der Waals surface area contributed by atoms with Crippen LogP contribution in [0.15, 0.2) is 29.2 Å². The Morgan fingerprint density at radius 1 is 1.38 bits per heavy atom. The summed E-state index contributed by atoms with van der Waals surface area (Å²) < 4.78 is 26.9. The van der Waals surface area contributed by atoms with Crippen molar-refractivity contribution in [2.75, 3.05) is 5.32 Å². The predicted molar refractivity (Wildman–Crippen MR) is 83.4 cm³/mol. The Hall–Kier alpha value is -1.44. The van der Waals surface area contributed by atoms with Crippen LogP contribution in [0.2, 0.25) is 0 Å². The largest absolute Gasteiger partial charge is 0.324 e. The van der Waals surface area contributed by atoms with Crippen LogP contribution in [0.3, 0.4) is 0 Å². The van der Waals surface area contributed by atoms with E-state index in [9.17, 15) is 13.2 Å². The molecule has 7 heteroatoms. The van der Waals surface area contributed by atoms with Gasteiger partial charge in [-0.25, -0.2) is 13.1 Å². The number of carbonyl (C=O) groups is 1. The summed E-state index contributed by atoms with van der Waals surface area (Å²) in [6.45, 7) is 6.84. The van der Waals surface area contributed by atoms with Crippen molar-refractivity contribution in [3.05, 3.63) is 24.3 Å². The Labute approximate surface area is 126 Å². The fourth-order valence-electron chi connectivity index (χ4n) is 1.45. The molecule has 1 aromatic carbocycles. The molecular weight excluding hydrogens is 290 g/mol.